The molecule has 2 rings (SSSR count). The van der Waals surface area contributed by atoms with Crippen LogP contribution in [-0.2, 0) is 6.54 Å². The summed E-state index contributed by atoms with van der Waals surface area (Å²) >= 11 is 0. The van der Waals surface area contributed by atoms with E-state index in [2.05, 4.69) is 60.2 Å². The second kappa shape index (κ2) is 8.51. The van der Waals surface area contributed by atoms with E-state index in [0.29, 0.717) is 5.92 Å². The molecule has 0 aliphatic rings. The van der Waals surface area contributed by atoms with Crippen LogP contribution in [0.4, 0.5) is 11.8 Å². The van der Waals surface area contributed by atoms with Crippen LogP contribution in [0.15, 0.2) is 36.4 Å². The molecule has 0 amide bonds. The van der Waals surface area contributed by atoms with Crippen LogP contribution in [0.25, 0.3) is 0 Å². The van der Waals surface area contributed by atoms with Gasteiger partial charge in [-0.15, -0.1) is 0 Å². The van der Waals surface area contributed by atoms with E-state index in [1.807, 2.05) is 19.1 Å². The first kappa shape index (κ1) is 17.3. The number of aromatic nitrogens is 2. The first-order valence-corrected chi connectivity index (χ1v) is 8.47. The molecule has 0 saturated carbocycles. The average molecular weight is 312 g/mol. The van der Waals surface area contributed by atoms with Gasteiger partial charge in [0.2, 0.25) is 5.95 Å². The highest BCUT2D eigenvalue weighted by Crippen LogP contribution is 2.16. The van der Waals surface area contributed by atoms with Gasteiger partial charge in [0.1, 0.15) is 5.82 Å². The first-order valence-electron chi connectivity index (χ1n) is 8.47. The van der Waals surface area contributed by atoms with Gasteiger partial charge in [-0.05, 0) is 31.7 Å². The van der Waals surface area contributed by atoms with E-state index in [9.17, 15) is 0 Å². The summed E-state index contributed by atoms with van der Waals surface area (Å²) in [5.41, 5.74) is 2.27. The fourth-order valence-electron chi connectivity index (χ4n) is 2.40. The summed E-state index contributed by atoms with van der Waals surface area (Å²) in [6.07, 6.45) is 1.14. The average Bonchev–Trinajstić information content (AvgIpc) is 2.52. The van der Waals surface area contributed by atoms with E-state index in [0.717, 1.165) is 43.5 Å². The van der Waals surface area contributed by atoms with Gasteiger partial charge in [0.05, 0.1) is 0 Å². The van der Waals surface area contributed by atoms with Gasteiger partial charge >= 0.3 is 0 Å². The van der Waals surface area contributed by atoms with Gasteiger partial charge in [0.15, 0.2) is 0 Å². The molecule has 4 heteroatoms. The van der Waals surface area contributed by atoms with Crippen molar-refractivity contribution in [3.8, 4) is 0 Å². The molecule has 0 aliphatic carbocycles. The third kappa shape index (κ3) is 5.55. The molecule has 0 fully saturated rings. The summed E-state index contributed by atoms with van der Waals surface area (Å²) in [5.74, 6) is 2.40. The SMILES string of the molecule is CCN(Cc1ccccc1)c1nc(C)cc(NCCC(C)C)n1. The van der Waals surface area contributed by atoms with Gasteiger partial charge < -0.3 is 10.2 Å². The molecule has 2 aromatic rings. The molecular formula is C19H28N4. The number of nitrogens with one attached hydrogen (secondary N) is 1. The van der Waals surface area contributed by atoms with Crippen LogP contribution < -0.4 is 10.2 Å². The summed E-state index contributed by atoms with van der Waals surface area (Å²) in [5, 5.41) is 3.42. The Bertz CT molecular complexity index is 596. The Morgan fingerprint density at radius 1 is 1.13 bits per heavy atom. The Morgan fingerprint density at radius 2 is 1.87 bits per heavy atom. The van der Waals surface area contributed by atoms with Crippen LogP contribution in [0.1, 0.15) is 38.4 Å². The lowest BCUT2D eigenvalue weighted by Crippen LogP contribution is -2.25. The highest BCUT2D eigenvalue weighted by atomic mass is 15.3. The number of rotatable bonds is 8. The molecule has 0 radical (unpaired) electrons. The topological polar surface area (TPSA) is 41.1 Å². The molecular weight excluding hydrogens is 284 g/mol. The molecule has 1 aromatic carbocycles. The lowest BCUT2D eigenvalue weighted by molar-refractivity contribution is 0.606. The molecule has 0 unspecified atom stereocenters. The molecule has 0 aliphatic heterocycles. The number of anilines is 2. The Hall–Kier alpha value is -2.10. The fraction of sp³-hybridized carbons (Fsp3) is 0.474. The van der Waals surface area contributed by atoms with E-state index >= 15 is 0 Å². The van der Waals surface area contributed by atoms with Gasteiger partial charge in [-0.3, -0.25) is 0 Å². The number of nitrogens with zero attached hydrogens (tertiary/aromatic N) is 3. The van der Waals surface area contributed by atoms with Crippen molar-refractivity contribution in [3.05, 3.63) is 47.7 Å². The van der Waals surface area contributed by atoms with Crippen molar-refractivity contribution in [3.63, 3.8) is 0 Å². The molecule has 0 atom stereocenters. The molecule has 124 valence electrons. The Kier molecular flexibility index (Phi) is 6.39. The highest BCUT2D eigenvalue weighted by molar-refractivity contribution is 5.44. The second-order valence-corrected chi connectivity index (χ2v) is 6.30. The van der Waals surface area contributed by atoms with Gasteiger partial charge in [-0.1, -0.05) is 44.2 Å². The highest BCUT2D eigenvalue weighted by Gasteiger charge is 2.10. The van der Waals surface area contributed by atoms with E-state index in [1.165, 1.54) is 5.56 Å². The standard InChI is InChI=1S/C19H28N4/c1-5-23(14-17-9-7-6-8-10-17)19-21-16(4)13-18(22-19)20-12-11-15(2)3/h6-10,13,15H,5,11-12,14H2,1-4H3,(H,20,21,22). The minimum Gasteiger partial charge on any atom is -0.370 e. The van der Waals surface area contributed by atoms with Crippen molar-refractivity contribution >= 4 is 11.8 Å². The third-order valence-corrected chi connectivity index (χ3v) is 3.75. The van der Waals surface area contributed by atoms with Crippen LogP contribution in [-0.4, -0.2) is 23.1 Å². The predicted molar refractivity (Wildman–Crippen MR) is 97.9 cm³/mol. The van der Waals surface area contributed by atoms with Gasteiger partial charge in [-0.25, -0.2) is 4.98 Å². The van der Waals surface area contributed by atoms with Gasteiger partial charge in [0.25, 0.3) is 0 Å². The van der Waals surface area contributed by atoms with E-state index in [4.69, 9.17) is 4.98 Å². The molecule has 0 bridgehead atoms. The minimum atomic E-state index is 0.690. The van der Waals surface area contributed by atoms with Crippen LogP contribution >= 0.6 is 0 Å². The van der Waals surface area contributed by atoms with Crippen molar-refractivity contribution in [2.45, 2.75) is 40.7 Å². The summed E-state index contributed by atoms with van der Waals surface area (Å²) < 4.78 is 0. The van der Waals surface area contributed by atoms with Gasteiger partial charge in [-0.2, -0.15) is 4.98 Å². The number of aryl methyl sites for hydroxylation is 1. The predicted octanol–water partition coefficient (Wildman–Crippen LogP) is 4.27. The van der Waals surface area contributed by atoms with Crippen LogP contribution in [0.2, 0.25) is 0 Å². The Balaban J connectivity index is 2.11. The van der Waals surface area contributed by atoms with Crippen molar-refractivity contribution in [2.24, 2.45) is 5.92 Å². The maximum atomic E-state index is 4.70. The zero-order chi connectivity index (χ0) is 16.7. The lowest BCUT2D eigenvalue weighted by Gasteiger charge is -2.22. The van der Waals surface area contributed by atoms with Crippen LogP contribution in [0, 0.1) is 12.8 Å². The first-order chi connectivity index (χ1) is 11.1. The largest absolute Gasteiger partial charge is 0.370 e. The van der Waals surface area contributed by atoms with Crippen molar-refractivity contribution < 1.29 is 0 Å². The lowest BCUT2D eigenvalue weighted by atomic mass is 10.1. The molecule has 1 aromatic heterocycles. The Morgan fingerprint density at radius 3 is 2.52 bits per heavy atom. The molecule has 0 spiro atoms. The van der Waals surface area contributed by atoms with Gasteiger partial charge in [0, 0.05) is 31.4 Å². The van der Waals surface area contributed by atoms with E-state index < -0.39 is 0 Å². The summed E-state index contributed by atoms with van der Waals surface area (Å²) in [7, 11) is 0. The molecule has 4 nitrogen and oxygen atoms in total. The monoisotopic (exact) mass is 312 g/mol. The molecule has 0 saturated heterocycles. The molecule has 1 N–H and O–H groups in total. The van der Waals surface area contributed by atoms with Crippen molar-refractivity contribution in [2.75, 3.05) is 23.3 Å². The maximum Gasteiger partial charge on any atom is 0.227 e. The fourth-order valence-corrected chi connectivity index (χ4v) is 2.40. The normalized spacial score (nSPS) is 10.8. The van der Waals surface area contributed by atoms with Crippen LogP contribution in [0.5, 0.6) is 0 Å². The summed E-state index contributed by atoms with van der Waals surface area (Å²) in [6.45, 7) is 11.3. The Labute approximate surface area is 140 Å². The zero-order valence-corrected chi connectivity index (χ0v) is 14.7. The molecule has 1 heterocycles. The summed E-state index contributed by atoms with van der Waals surface area (Å²) in [4.78, 5) is 11.5. The number of hydrogen-bond acceptors (Lipinski definition) is 4. The van der Waals surface area contributed by atoms with Crippen LogP contribution in [0.3, 0.4) is 0 Å². The van der Waals surface area contributed by atoms with Crippen molar-refractivity contribution in [1.29, 1.82) is 0 Å². The summed E-state index contributed by atoms with van der Waals surface area (Å²) in [6, 6.07) is 12.5. The quantitative estimate of drug-likeness (QED) is 0.790. The van der Waals surface area contributed by atoms with E-state index in [-0.39, 0.29) is 0 Å². The maximum absolute atomic E-state index is 4.70. The number of benzene rings is 1. The van der Waals surface area contributed by atoms with E-state index in [1.54, 1.807) is 0 Å². The second-order valence-electron chi connectivity index (χ2n) is 6.30. The third-order valence-electron chi connectivity index (χ3n) is 3.75. The smallest absolute Gasteiger partial charge is 0.227 e. The minimum absolute atomic E-state index is 0.690. The molecule has 23 heavy (non-hydrogen) atoms. The van der Waals surface area contributed by atoms with Crippen molar-refractivity contribution in [1.82, 2.24) is 9.97 Å². The number of hydrogen-bond donors (Lipinski definition) is 1. The zero-order valence-electron chi connectivity index (χ0n) is 14.7.